The van der Waals surface area contributed by atoms with Crippen LogP contribution >= 0.6 is 12.4 Å². The van der Waals surface area contributed by atoms with Crippen LogP contribution in [-0.4, -0.2) is 42.8 Å². The fourth-order valence-electron chi connectivity index (χ4n) is 5.93. The maximum atomic E-state index is 14.3. The Hall–Kier alpha value is -2.24. The Labute approximate surface area is 221 Å². The van der Waals surface area contributed by atoms with Gasteiger partial charge in [-0.15, -0.1) is 12.4 Å². The Balaban J connectivity index is 0.00000361. The number of halogens is 2. The van der Waals surface area contributed by atoms with Crippen molar-refractivity contribution in [2.75, 3.05) is 31.1 Å². The highest BCUT2D eigenvalue weighted by molar-refractivity contribution is 6.00. The van der Waals surface area contributed by atoms with Crippen molar-refractivity contribution in [3.8, 4) is 0 Å². The first-order valence-electron chi connectivity index (χ1n) is 13.2. The van der Waals surface area contributed by atoms with Crippen molar-refractivity contribution in [3.05, 3.63) is 64.5 Å². The number of likely N-dealkylation sites (tertiary alicyclic amines) is 1. The van der Waals surface area contributed by atoms with E-state index in [9.17, 15) is 14.0 Å². The molecule has 1 amide bonds. The molecule has 2 saturated heterocycles. The summed E-state index contributed by atoms with van der Waals surface area (Å²) in [5, 5.41) is 0. The van der Waals surface area contributed by atoms with Gasteiger partial charge in [-0.2, -0.15) is 0 Å². The summed E-state index contributed by atoms with van der Waals surface area (Å²) in [4.78, 5) is 30.5. The molecule has 2 aliphatic heterocycles. The van der Waals surface area contributed by atoms with Gasteiger partial charge in [0.1, 0.15) is 5.82 Å². The molecule has 0 radical (unpaired) electrons. The third-order valence-electron chi connectivity index (χ3n) is 7.69. The van der Waals surface area contributed by atoms with Gasteiger partial charge in [-0.3, -0.25) is 9.59 Å². The van der Waals surface area contributed by atoms with E-state index in [2.05, 4.69) is 4.90 Å². The lowest BCUT2D eigenvalue weighted by Gasteiger charge is -2.38. The van der Waals surface area contributed by atoms with Gasteiger partial charge < -0.3 is 9.80 Å². The largest absolute Gasteiger partial charge is 0.311 e. The van der Waals surface area contributed by atoms with Crippen LogP contribution < -0.4 is 4.90 Å². The Morgan fingerprint density at radius 1 is 1.06 bits per heavy atom. The standard InChI is InChI=1S/C30H39FN2O2.ClH/c1-21-17-26(28(34)12-6-7-13-32-14-8-9-15-32)18-22(2)29(21)33-20-24(16-23(3)30(33)35)19-25-10-4-5-11-27(25)31;/h4-5,10-11,17-18,23-24H,6-9,12-16,19-20H2,1-3H3;1H/t23-,24-;/m1./s1. The summed E-state index contributed by atoms with van der Waals surface area (Å²) in [5.41, 5.74) is 4.27. The second kappa shape index (κ2) is 12.8. The number of anilines is 1. The van der Waals surface area contributed by atoms with E-state index >= 15 is 0 Å². The number of amides is 1. The first-order chi connectivity index (χ1) is 16.8. The third kappa shape index (κ3) is 6.74. The summed E-state index contributed by atoms with van der Waals surface area (Å²) in [6, 6.07) is 10.8. The quantitative estimate of drug-likeness (QED) is 0.281. The molecule has 2 fully saturated rings. The van der Waals surface area contributed by atoms with Crippen LogP contribution in [0.4, 0.5) is 10.1 Å². The van der Waals surface area contributed by atoms with Crippen LogP contribution in [0.3, 0.4) is 0 Å². The Morgan fingerprint density at radius 2 is 1.72 bits per heavy atom. The van der Waals surface area contributed by atoms with Crippen molar-refractivity contribution in [2.24, 2.45) is 11.8 Å². The van der Waals surface area contributed by atoms with E-state index < -0.39 is 0 Å². The fourth-order valence-corrected chi connectivity index (χ4v) is 5.93. The highest BCUT2D eigenvalue weighted by Gasteiger charge is 2.34. The number of nitrogens with zero attached hydrogens (tertiary/aromatic N) is 2. The molecule has 0 bridgehead atoms. The van der Waals surface area contributed by atoms with E-state index in [1.165, 1.54) is 32.0 Å². The molecule has 196 valence electrons. The van der Waals surface area contributed by atoms with Crippen LogP contribution in [0.2, 0.25) is 0 Å². The predicted molar refractivity (Wildman–Crippen MR) is 147 cm³/mol. The smallest absolute Gasteiger partial charge is 0.229 e. The molecule has 0 saturated carbocycles. The van der Waals surface area contributed by atoms with Crippen molar-refractivity contribution in [2.45, 2.75) is 65.7 Å². The molecule has 0 N–H and O–H groups in total. The minimum absolute atomic E-state index is 0. The molecule has 0 aliphatic carbocycles. The Kier molecular flexibility index (Phi) is 10.1. The zero-order chi connectivity index (χ0) is 24.9. The van der Waals surface area contributed by atoms with Gasteiger partial charge >= 0.3 is 0 Å². The topological polar surface area (TPSA) is 40.6 Å². The zero-order valence-corrected chi connectivity index (χ0v) is 22.7. The molecule has 2 aliphatic rings. The minimum Gasteiger partial charge on any atom is -0.311 e. The Morgan fingerprint density at radius 3 is 2.39 bits per heavy atom. The molecule has 36 heavy (non-hydrogen) atoms. The molecule has 2 aromatic rings. The van der Waals surface area contributed by atoms with E-state index in [0.717, 1.165) is 48.2 Å². The predicted octanol–water partition coefficient (Wildman–Crippen LogP) is 6.54. The molecule has 2 atom stereocenters. The summed E-state index contributed by atoms with van der Waals surface area (Å²) < 4.78 is 14.3. The van der Waals surface area contributed by atoms with Crippen molar-refractivity contribution in [3.63, 3.8) is 0 Å². The van der Waals surface area contributed by atoms with Gasteiger partial charge in [-0.25, -0.2) is 4.39 Å². The Bertz CT molecular complexity index is 1040. The molecular weight excluding hydrogens is 475 g/mol. The van der Waals surface area contributed by atoms with Gasteiger partial charge in [0.15, 0.2) is 5.78 Å². The van der Waals surface area contributed by atoms with Crippen molar-refractivity contribution < 1.29 is 14.0 Å². The molecular formula is C30H40ClFN2O2. The molecule has 0 unspecified atom stereocenters. The highest BCUT2D eigenvalue weighted by atomic mass is 35.5. The van der Waals surface area contributed by atoms with Crippen LogP contribution in [-0.2, 0) is 11.2 Å². The normalized spacial score (nSPS) is 20.4. The number of carbonyl (C=O) groups is 2. The van der Waals surface area contributed by atoms with Gasteiger partial charge in [-0.05, 0) is 113 Å². The summed E-state index contributed by atoms with van der Waals surface area (Å²) in [5.74, 6) is 0.188. The van der Waals surface area contributed by atoms with Crippen LogP contribution in [0, 0.1) is 31.5 Å². The second-order valence-corrected chi connectivity index (χ2v) is 10.6. The van der Waals surface area contributed by atoms with Crippen LogP contribution in [0.25, 0.3) is 0 Å². The monoisotopic (exact) mass is 514 g/mol. The number of ketones is 1. The summed E-state index contributed by atoms with van der Waals surface area (Å²) in [7, 11) is 0. The number of aryl methyl sites for hydroxylation is 2. The molecule has 4 nitrogen and oxygen atoms in total. The second-order valence-electron chi connectivity index (χ2n) is 10.6. The van der Waals surface area contributed by atoms with Gasteiger partial charge in [0.25, 0.3) is 0 Å². The van der Waals surface area contributed by atoms with E-state index in [4.69, 9.17) is 0 Å². The van der Waals surface area contributed by atoms with Crippen molar-refractivity contribution >= 4 is 29.8 Å². The molecule has 6 heteroatoms. The zero-order valence-electron chi connectivity index (χ0n) is 21.9. The van der Waals surface area contributed by atoms with Crippen molar-refractivity contribution in [1.82, 2.24) is 4.90 Å². The SMILES string of the molecule is Cc1cc(C(=O)CCCCN2CCCC2)cc(C)c1N1C[C@@H](Cc2ccccc2F)C[C@@H](C)C1=O.Cl. The lowest BCUT2D eigenvalue weighted by molar-refractivity contribution is -0.124. The third-order valence-corrected chi connectivity index (χ3v) is 7.69. The number of piperidine rings is 1. The molecule has 0 spiro atoms. The number of carbonyl (C=O) groups excluding carboxylic acids is 2. The number of Topliss-reactive ketones (excluding diaryl/α,β-unsaturated/α-hetero) is 1. The number of benzene rings is 2. The van der Waals surface area contributed by atoms with Crippen LogP contribution in [0.15, 0.2) is 36.4 Å². The fraction of sp³-hybridized carbons (Fsp3) is 0.533. The van der Waals surface area contributed by atoms with Gasteiger partial charge in [-0.1, -0.05) is 25.1 Å². The molecule has 2 aromatic carbocycles. The minimum atomic E-state index is -0.181. The van der Waals surface area contributed by atoms with E-state index in [-0.39, 0.29) is 41.8 Å². The molecule has 2 heterocycles. The van der Waals surface area contributed by atoms with Gasteiger partial charge in [0.2, 0.25) is 5.91 Å². The molecule has 0 aromatic heterocycles. The maximum absolute atomic E-state index is 14.3. The first-order valence-corrected chi connectivity index (χ1v) is 13.2. The summed E-state index contributed by atoms with van der Waals surface area (Å²) in [6.07, 6.45) is 6.51. The number of hydrogen-bond donors (Lipinski definition) is 0. The number of hydrogen-bond acceptors (Lipinski definition) is 3. The van der Waals surface area contributed by atoms with Crippen molar-refractivity contribution in [1.29, 1.82) is 0 Å². The molecule has 4 rings (SSSR count). The maximum Gasteiger partial charge on any atom is 0.229 e. The van der Waals surface area contributed by atoms with Gasteiger partial charge in [0, 0.05) is 30.1 Å². The lowest BCUT2D eigenvalue weighted by Crippen LogP contribution is -2.46. The summed E-state index contributed by atoms with van der Waals surface area (Å²) in [6.45, 7) is 10.0. The summed E-state index contributed by atoms with van der Waals surface area (Å²) >= 11 is 0. The highest BCUT2D eigenvalue weighted by Crippen LogP contribution is 2.34. The average Bonchev–Trinajstić information content (AvgIpc) is 3.34. The average molecular weight is 515 g/mol. The van der Waals surface area contributed by atoms with E-state index in [0.29, 0.717) is 24.9 Å². The van der Waals surface area contributed by atoms with E-state index in [1.54, 1.807) is 6.07 Å². The number of rotatable bonds is 9. The van der Waals surface area contributed by atoms with Gasteiger partial charge in [0.05, 0.1) is 0 Å². The number of unbranched alkanes of at least 4 members (excludes halogenated alkanes) is 1. The van der Waals surface area contributed by atoms with Crippen LogP contribution in [0.1, 0.15) is 72.5 Å². The van der Waals surface area contributed by atoms with Crippen LogP contribution in [0.5, 0.6) is 0 Å². The lowest BCUT2D eigenvalue weighted by atomic mass is 9.84. The first kappa shape index (κ1) is 28.3. The van der Waals surface area contributed by atoms with E-state index in [1.807, 2.05) is 49.9 Å².